The fourth-order valence-corrected chi connectivity index (χ4v) is 2.87. The number of amides is 2. The highest BCUT2D eigenvalue weighted by atomic mass is 16.5. The van der Waals surface area contributed by atoms with E-state index in [2.05, 4.69) is 15.6 Å². The maximum Gasteiger partial charge on any atom is 0.319 e. The molecule has 0 spiro atoms. The molecule has 1 fully saturated rings. The van der Waals surface area contributed by atoms with Gasteiger partial charge in [0.05, 0.1) is 18.0 Å². The van der Waals surface area contributed by atoms with E-state index in [0.717, 1.165) is 31.6 Å². The number of ether oxygens (including phenoxy) is 2. The molecule has 0 aliphatic carbocycles. The van der Waals surface area contributed by atoms with E-state index in [1.54, 1.807) is 18.3 Å². The zero-order chi connectivity index (χ0) is 18.0. The second-order valence-electron chi connectivity index (χ2n) is 6.31. The van der Waals surface area contributed by atoms with E-state index in [1.165, 1.54) is 12.8 Å². The normalized spacial score (nSPS) is 16.2. The molecule has 1 aromatic heterocycles. The van der Waals surface area contributed by atoms with Crippen molar-refractivity contribution in [2.45, 2.75) is 38.2 Å². The maximum atomic E-state index is 11.9. The van der Waals surface area contributed by atoms with E-state index in [0.29, 0.717) is 24.2 Å². The minimum absolute atomic E-state index is 0.222. The number of aromatic nitrogens is 1. The first kappa shape index (κ1) is 18.2. The van der Waals surface area contributed by atoms with Crippen LogP contribution in [0.4, 0.5) is 10.5 Å². The van der Waals surface area contributed by atoms with Gasteiger partial charge in [0.2, 0.25) is 5.88 Å². The fourth-order valence-electron chi connectivity index (χ4n) is 2.87. The zero-order valence-electron chi connectivity index (χ0n) is 14.8. The summed E-state index contributed by atoms with van der Waals surface area (Å²) < 4.78 is 11.2. The molecule has 26 heavy (non-hydrogen) atoms. The molecule has 6 nitrogen and oxygen atoms in total. The number of carbonyl (C=O) groups excluding carboxylic acids is 1. The van der Waals surface area contributed by atoms with Gasteiger partial charge in [0.1, 0.15) is 5.75 Å². The number of para-hydroxylation sites is 1. The molecule has 2 heterocycles. The molecule has 0 bridgehead atoms. The first-order chi connectivity index (χ1) is 12.8. The number of anilines is 1. The molecular formula is C20H25N3O3. The van der Waals surface area contributed by atoms with Crippen LogP contribution >= 0.6 is 0 Å². The largest absolute Gasteiger partial charge is 0.439 e. The van der Waals surface area contributed by atoms with Crippen molar-refractivity contribution in [1.29, 1.82) is 0 Å². The Balaban J connectivity index is 1.33. The van der Waals surface area contributed by atoms with Crippen molar-refractivity contribution >= 4 is 11.7 Å². The van der Waals surface area contributed by atoms with Crippen LogP contribution in [0.1, 0.15) is 32.1 Å². The van der Waals surface area contributed by atoms with Gasteiger partial charge in [-0.05, 0) is 50.3 Å². The molecule has 1 aromatic carbocycles. The number of nitrogens with zero attached hydrogens (tertiary/aromatic N) is 1. The standard InChI is InChI=1S/C20H25N3O3/c24-20(21-13-5-4-7-17-10-6-14-25-17)23-16-11-12-19(22-15-16)26-18-8-2-1-3-9-18/h1-3,8-9,11-12,15,17H,4-7,10,13-14H2,(H2,21,23,24)/t17-/m0/s1. The highest BCUT2D eigenvalue weighted by Gasteiger charge is 2.14. The first-order valence-electron chi connectivity index (χ1n) is 9.15. The Hall–Kier alpha value is -2.60. The van der Waals surface area contributed by atoms with E-state index < -0.39 is 0 Å². The lowest BCUT2D eigenvalue weighted by molar-refractivity contribution is 0.102. The average molecular weight is 355 g/mol. The Bertz CT molecular complexity index is 670. The Labute approximate surface area is 153 Å². The summed E-state index contributed by atoms with van der Waals surface area (Å²) in [6, 6.07) is 12.7. The van der Waals surface area contributed by atoms with E-state index >= 15 is 0 Å². The minimum Gasteiger partial charge on any atom is -0.439 e. The summed E-state index contributed by atoms with van der Waals surface area (Å²) in [7, 11) is 0. The SMILES string of the molecule is O=C(NCCCC[C@H]1CCCO1)Nc1ccc(Oc2ccccc2)nc1. The molecule has 1 aliphatic heterocycles. The molecular weight excluding hydrogens is 330 g/mol. The van der Waals surface area contributed by atoms with Crippen LogP contribution in [0.5, 0.6) is 11.6 Å². The second-order valence-corrected chi connectivity index (χ2v) is 6.31. The molecule has 138 valence electrons. The molecule has 0 saturated carbocycles. The van der Waals surface area contributed by atoms with E-state index in [-0.39, 0.29) is 6.03 Å². The number of hydrogen-bond acceptors (Lipinski definition) is 4. The molecule has 0 unspecified atom stereocenters. The van der Waals surface area contributed by atoms with Crippen molar-refractivity contribution in [3.63, 3.8) is 0 Å². The summed E-state index contributed by atoms with van der Waals surface area (Å²) in [5, 5.41) is 5.63. The van der Waals surface area contributed by atoms with Gasteiger partial charge in [-0.3, -0.25) is 0 Å². The predicted octanol–water partition coefficient (Wildman–Crippen LogP) is 4.34. The molecule has 1 atom stereocenters. The average Bonchev–Trinajstić information content (AvgIpc) is 3.17. The first-order valence-corrected chi connectivity index (χ1v) is 9.15. The van der Waals surface area contributed by atoms with Gasteiger partial charge >= 0.3 is 6.03 Å². The Morgan fingerprint density at radius 1 is 1.19 bits per heavy atom. The second kappa shape index (κ2) is 9.77. The van der Waals surface area contributed by atoms with Gasteiger partial charge < -0.3 is 20.1 Å². The molecule has 6 heteroatoms. The van der Waals surface area contributed by atoms with Gasteiger partial charge in [0.15, 0.2) is 0 Å². The summed E-state index contributed by atoms with van der Waals surface area (Å²) in [5.74, 6) is 1.21. The van der Waals surface area contributed by atoms with Crippen LogP contribution in [0.3, 0.4) is 0 Å². The Morgan fingerprint density at radius 3 is 2.81 bits per heavy atom. The molecule has 2 N–H and O–H groups in total. The van der Waals surface area contributed by atoms with Crippen molar-refractivity contribution in [1.82, 2.24) is 10.3 Å². The summed E-state index contributed by atoms with van der Waals surface area (Å²) in [6.45, 7) is 1.55. The van der Waals surface area contributed by atoms with E-state index in [9.17, 15) is 4.79 Å². The van der Waals surface area contributed by atoms with Gasteiger partial charge in [0, 0.05) is 19.2 Å². The number of hydrogen-bond donors (Lipinski definition) is 2. The third-order valence-electron chi connectivity index (χ3n) is 4.22. The lowest BCUT2D eigenvalue weighted by Gasteiger charge is -2.10. The van der Waals surface area contributed by atoms with Gasteiger partial charge in [-0.25, -0.2) is 9.78 Å². The van der Waals surface area contributed by atoms with Crippen molar-refractivity contribution in [3.8, 4) is 11.6 Å². The molecule has 1 saturated heterocycles. The predicted molar refractivity (Wildman–Crippen MR) is 101 cm³/mol. The van der Waals surface area contributed by atoms with E-state index in [4.69, 9.17) is 9.47 Å². The Morgan fingerprint density at radius 2 is 2.08 bits per heavy atom. The van der Waals surface area contributed by atoms with Crippen LogP contribution in [-0.2, 0) is 4.74 Å². The van der Waals surface area contributed by atoms with Crippen LogP contribution in [0.25, 0.3) is 0 Å². The summed E-state index contributed by atoms with van der Waals surface area (Å²) in [4.78, 5) is 16.1. The number of unbranched alkanes of at least 4 members (excludes halogenated alkanes) is 1. The van der Waals surface area contributed by atoms with Crippen LogP contribution in [0.2, 0.25) is 0 Å². The van der Waals surface area contributed by atoms with Gasteiger partial charge in [-0.15, -0.1) is 0 Å². The Kier molecular flexibility index (Phi) is 6.84. The van der Waals surface area contributed by atoms with Crippen molar-refractivity contribution < 1.29 is 14.3 Å². The molecule has 3 rings (SSSR count). The molecule has 2 amide bonds. The highest BCUT2D eigenvalue weighted by Crippen LogP contribution is 2.20. The lowest BCUT2D eigenvalue weighted by atomic mass is 10.1. The minimum atomic E-state index is -0.222. The smallest absolute Gasteiger partial charge is 0.319 e. The zero-order valence-corrected chi connectivity index (χ0v) is 14.8. The van der Waals surface area contributed by atoms with Gasteiger partial charge in [0.25, 0.3) is 0 Å². The van der Waals surface area contributed by atoms with Crippen molar-refractivity contribution in [2.24, 2.45) is 0 Å². The number of rotatable bonds is 8. The topological polar surface area (TPSA) is 72.5 Å². The van der Waals surface area contributed by atoms with Crippen molar-refractivity contribution in [2.75, 3.05) is 18.5 Å². The number of nitrogens with one attached hydrogen (secondary N) is 2. The molecule has 1 aliphatic rings. The molecule has 2 aromatic rings. The third-order valence-corrected chi connectivity index (χ3v) is 4.22. The highest BCUT2D eigenvalue weighted by molar-refractivity contribution is 5.88. The van der Waals surface area contributed by atoms with Gasteiger partial charge in [-0.1, -0.05) is 18.2 Å². The number of urea groups is 1. The summed E-state index contributed by atoms with van der Waals surface area (Å²) in [5.41, 5.74) is 0.627. The van der Waals surface area contributed by atoms with Gasteiger partial charge in [-0.2, -0.15) is 0 Å². The summed E-state index contributed by atoms with van der Waals surface area (Å²) in [6.07, 6.45) is 7.45. The van der Waals surface area contributed by atoms with Crippen LogP contribution in [0, 0.1) is 0 Å². The van der Waals surface area contributed by atoms with Crippen LogP contribution < -0.4 is 15.4 Å². The van der Waals surface area contributed by atoms with E-state index in [1.807, 2.05) is 30.3 Å². The van der Waals surface area contributed by atoms with Crippen LogP contribution in [-0.4, -0.2) is 30.3 Å². The maximum absolute atomic E-state index is 11.9. The van der Waals surface area contributed by atoms with Crippen LogP contribution in [0.15, 0.2) is 48.7 Å². The lowest BCUT2D eigenvalue weighted by Crippen LogP contribution is -2.29. The quantitative estimate of drug-likeness (QED) is 0.691. The fraction of sp³-hybridized carbons (Fsp3) is 0.400. The monoisotopic (exact) mass is 355 g/mol. The molecule has 0 radical (unpaired) electrons. The number of carbonyl (C=O) groups is 1. The summed E-state index contributed by atoms with van der Waals surface area (Å²) >= 11 is 0. The van der Waals surface area contributed by atoms with Crippen molar-refractivity contribution in [3.05, 3.63) is 48.7 Å². The number of benzene rings is 1. The number of pyridine rings is 1. The third kappa shape index (κ3) is 6.04.